The lowest BCUT2D eigenvalue weighted by Gasteiger charge is -2.37. The summed E-state index contributed by atoms with van der Waals surface area (Å²) in [4.78, 5) is 8.51. The summed E-state index contributed by atoms with van der Waals surface area (Å²) < 4.78 is 1.70. The lowest BCUT2D eigenvalue weighted by molar-refractivity contribution is 0.173. The zero-order valence-corrected chi connectivity index (χ0v) is 14.5. The van der Waals surface area contributed by atoms with Crippen LogP contribution in [0.4, 0.5) is 5.82 Å². The van der Waals surface area contributed by atoms with Crippen molar-refractivity contribution in [2.45, 2.75) is 59.4 Å². The van der Waals surface area contributed by atoms with E-state index < -0.39 is 0 Å². The molecule has 5 nitrogen and oxygen atoms in total. The lowest BCUT2D eigenvalue weighted by Crippen LogP contribution is -2.32. The van der Waals surface area contributed by atoms with E-state index in [0.29, 0.717) is 22.3 Å². The molecule has 0 unspecified atom stereocenters. The van der Waals surface area contributed by atoms with Gasteiger partial charge in [-0.2, -0.15) is 14.6 Å². The quantitative estimate of drug-likeness (QED) is 0.904. The van der Waals surface area contributed by atoms with E-state index in [1.165, 1.54) is 19.2 Å². The van der Waals surface area contributed by atoms with Crippen LogP contribution in [-0.2, 0) is 0 Å². The van der Waals surface area contributed by atoms with Crippen molar-refractivity contribution in [1.82, 2.24) is 19.6 Å². The topological polar surface area (TPSA) is 55.1 Å². The highest BCUT2D eigenvalue weighted by Crippen LogP contribution is 2.39. The number of aryl methyl sites for hydroxylation is 1. The molecule has 0 spiro atoms. The molecule has 3 rings (SSSR count). The van der Waals surface area contributed by atoms with E-state index in [9.17, 15) is 0 Å². The van der Waals surface area contributed by atoms with Crippen molar-refractivity contribution in [3.63, 3.8) is 0 Å². The van der Waals surface area contributed by atoms with Gasteiger partial charge in [0, 0.05) is 6.04 Å². The van der Waals surface area contributed by atoms with Crippen LogP contribution in [0.3, 0.4) is 0 Å². The number of nitrogens with zero attached hydrogens (tertiary/aromatic N) is 4. The predicted octanol–water partition coefficient (Wildman–Crippen LogP) is 4.10. The number of hydrogen-bond acceptors (Lipinski definition) is 4. The number of fused-ring (bicyclic) bond motifs is 1. The van der Waals surface area contributed by atoms with Crippen LogP contribution in [-0.4, -0.2) is 25.6 Å². The number of hydrogen-bond donors (Lipinski definition) is 1. The highest BCUT2D eigenvalue weighted by Gasteiger charge is 2.30. The van der Waals surface area contributed by atoms with Crippen LogP contribution in [0.2, 0.25) is 5.02 Å². The summed E-state index contributed by atoms with van der Waals surface area (Å²) >= 11 is 6.44. The number of nitrogens with one attached hydrogen (secondary N) is 1. The maximum absolute atomic E-state index is 6.44. The molecule has 120 valence electrons. The molecule has 0 radical (unpaired) electrons. The van der Waals surface area contributed by atoms with E-state index >= 15 is 0 Å². The Kier molecular flexibility index (Phi) is 4.02. The maximum atomic E-state index is 6.44. The standard InChI is InChI=1S/C16H24ClN5/c1-10-13(17)14(22-15(20-10)18-9-19-22)21-12-7-5-11(6-8-12)16(2,3)4/h9,11-12,21H,5-8H2,1-4H3. The summed E-state index contributed by atoms with van der Waals surface area (Å²) in [6, 6.07) is 0.435. The van der Waals surface area contributed by atoms with Gasteiger partial charge in [0.05, 0.1) is 5.69 Å². The van der Waals surface area contributed by atoms with Gasteiger partial charge in [-0.05, 0) is 43.9 Å². The van der Waals surface area contributed by atoms with E-state index in [2.05, 4.69) is 41.2 Å². The zero-order chi connectivity index (χ0) is 15.9. The minimum atomic E-state index is 0.398. The molecule has 22 heavy (non-hydrogen) atoms. The molecular formula is C16H24ClN5. The number of aromatic nitrogens is 4. The molecule has 0 aliphatic heterocycles. The molecule has 0 atom stereocenters. The van der Waals surface area contributed by atoms with Crippen molar-refractivity contribution in [3.8, 4) is 0 Å². The van der Waals surface area contributed by atoms with E-state index in [-0.39, 0.29) is 0 Å². The minimum absolute atomic E-state index is 0.398. The summed E-state index contributed by atoms with van der Waals surface area (Å²) in [7, 11) is 0. The smallest absolute Gasteiger partial charge is 0.254 e. The highest BCUT2D eigenvalue weighted by molar-refractivity contribution is 6.33. The second-order valence-corrected chi connectivity index (χ2v) is 7.77. The van der Waals surface area contributed by atoms with Crippen LogP contribution in [0.1, 0.15) is 52.1 Å². The van der Waals surface area contributed by atoms with Crippen LogP contribution in [0, 0.1) is 18.3 Å². The molecule has 1 aliphatic carbocycles. The molecule has 1 aliphatic rings. The van der Waals surface area contributed by atoms with Gasteiger partial charge in [0.15, 0.2) is 5.82 Å². The molecule has 1 N–H and O–H groups in total. The first kappa shape index (κ1) is 15.5. The van der Waals surface area contributed by atoms with E-state index in [1.807, 2.05) is 6.92 Å². The normalized spacial score (nSPS) is 23.0. The first-order chi connectivity index (χ1) is 10.4. The van der Waals surface area contributed by atoms with Gasteiger partial charge >= 0.3 is 0 Å². The summed E-state index contributed by atoms with van der Waals surface area (Å²) in [5.41, 5.74) is 1.18. The SMILES string of the molecule is Cc1nc2ncnn2c(NC2CCC(C(C)(C)C)CC2)c1Cl. The second kappa shape index (κ2) is 5.69. The van der Waals surface area contributed by atoms with Crippen molar-refractivity contribution in [2.75, 3.05) is 5.32 Å². The van der Waals surface area contributed by atoms with Crippen molar-refractivity contribution in [2.24, 2.45) is 11.3 Å². The molecule has 0 bridgehead atoms. The van der Waals surface area contributed by atoms with Gasteiger partial charge in [-0.25, -0.2) is 4.98 Å². The Labute approximate surface area is 136 Å². The van der Waals surface area contributed by atoms with Gasteiger partial charge < -0.3 is 5.32 Å². The number of rotatable bonds is 2. The highest BCUT2D eigenvalue weighted by atomic mass is 35.5. The Balaban J connectivity index is 1.78. The molecular weight excluding hydrogens is 298 g/mol. The minimum Gasteiger partial charge on any atom is -0.366 e. The molecule has 0 aromatic carbocycles. The van der Waals surface area contributed by atoms with E-state index in [1.54, 1.807) is 4.52 Å². The molecule has 2 heterocycles. The van der Waals surface area contributed by atoms with Gasteiger partial charge in [-0.1, -0.05) is 32.4 Å². The summed E-state index contributed by atoms with van der Waals surface area (Å²) in [5, 5.41) is 8.45. The van der Waals surface area contributed by atoms with Crippen LogP contribution >= 0.6 is 11.6 Å². The number of anilines is 1. The lowest BCUT2D eigenvalue weighted by atomic mass is 9.71. The average molecular weight is 322 g/mol. The first-order valence-electron chi connectivity index (χ1n) is 7.98. The largest absolute Gasteiger partial charge is 0.366 e. The Morgan fingerprint density at radius 2 is 1.91 bits per heavy atom. The number of halogens is 1. The third kappa shape index (κ3) is 2.91. The Morgan fingerprint density at radius 1 is 1.23 bits per heavy atom. The van der Waals surface area contributed by atoms with Crippen LogP contribution in [0.5, 0.6) is 0 Å². The van der Waals surface area contributed by atoms with Gasteiger partial charge in [0.2, 0.25) is 0 Å². The Morgan fingerprint density at radius 3 is 2.55 bits per heavy atom. The zero-order valence-electron chi connectivity index (χ0n) is 13.7. The average Bonchev–Trinajstić information content (AvgIpc) is 2.91. The molecule has 0 amide bonds. The third-order valence-corrected chi connectivity index (χ3v) is 5.28. The molecule has 6 heteroatoms. The Hall–Kier alpha value is -1.36. The Bertz CT molecular complexity index is 665. The van der Waals surface area contributed by atoms with E-state index in [4.69, 9.17) is 11.6 Å². The van der Waals surface area contributed by atoms with Crippen molar-refractivity contribution >= 4 is 23.2 Å². The molecule has 0 saturated heterocycles. The van der Waals surface area contributed by atoms with Gasteiger partial charge in [-0.15, -0.1) is 0 Å². The maximum Gasteiger partial charge on any atom is 0.254 e. The monoisotopic (exact) mass is 321 g/mol. The van der Waals surface area contributed by atoms with Gasteiger partial charge in [0.1, 0.15) is 11.3 Å². The summed E-state index contributed by atoms with van der Waals surface area (Å²) in [6.07, 6.45) is 6.35. The molecule has 2 aromatic heterocycles. The molecule has 1 saturated carbocycles. The van der Waals surface area contributed by atoms with Crippen LogP contribution < -0.4 is 5.32 Å². The summed E-state index contributed by atoms with van der Waals surface area (Å²) in [5.74, 6) is 2.21. The van der Waals surface area contributed by atoms with Crippen molar-refractivity contribution in [1.29, 1.82) is 0 Å². The van der Waals surface area contributed by atoms with Crippen LogP contribution in [0.25, 0.3) is 5.78 Å². The fourth-order valence-corrected chi connectivity index (χ4v) is 3.53. The van der Waals surface area contributed by atoms with Gasteiger partial charge in [0.25, 0.3) is 5.78 Å². The summed E-state index contributed by atoms with van der Waals surface area (Å²) in [6.45, 7) is 8.92. The fourth-order valence-electron chi connectivity index (χ4n) is 3.35. The first-order valence-corrected chi connectivity index (χ1v) is 8.36. The molecule has 2 aromatic rings. The fraction of sp³-hybridized carbons (Fsp3) is 0.688. The van der Waals surface area contributed by atoms with Gasteiger partial charge in [-0.3, -0.25) is 0 Å². The second-order valence-electron chi connectivity index (χ2n) is 7.39. The van der Waals surface area contributed by atoms with Crippen molar-refractivity contribution < 1.29 is 0 Å². The van der Waals surface area contributed by atoms with E-state index in [0.717, 1.165) is 30.3 Å². The van der Waals surface area contributed by atoms with Crippen LogP contribution in [0.15, 0.2) is 6.33 Å². The molecule has 1 fully saturated rings. The predicted molar refractivity (Wildman–Crippen MR) is 89.4 cm³/mol. The third-order valence-electron chi connectivity index (χ3n) is 4.83. The van der Waals surface area contributed by atoms with Crippen molar-refractivity contribution in [3.05, 3.63) is 17.0 Å².